The van der Waals surface area contributed by atoms with Gasteiger partial charge in [-0.15, -0.1) is 0 Å². The van der Waals surface area contributed by atoms with E-state index in [1.807, 2.05) is 0 Å². The molecule has 2 rings (SSSR count). The van der Waals surface area contributed by atoms with Gasteiger partial charge in [0.05, 0.1) is 6.54 Å². The number of halogens is 2. The minimum absolute atomic E-state index is 0.0129. The maximum absolute atomic E-state index is 11.5. The molecule has 1 saturated heterocycles. The number of likely N-dealkylation sites (N-methyl/N-ethyl adjacent to an activating group) is 1. The summed E-state index contributed by atoms with van der Waals surface area (Å²) in [5, 5.41) is 0.0581. The fourth-order valence-electron chi connectivity index (χ4n) is 1.39. The molecule has 1 aromatic rings. The zero-order chi connectivity index (χ0) is 11.7. The van der Waals surface area contributed by atoms with Crippen molar-refractivity contribution in [3.05, 3.63) is 10.6 Å². The quantitative estimate of drug-likeness (QED) is 0.735. The highest BCUT2D eigenvalue weighted by Gasteiger charge is 2.23. The van der Waals surface area contributed by atoms with E-state index in [-0.39, 0.29) is 23.0 Å². The minimum atomic E-state index is 0.0129. The molecule has 1 amide bonds. The van der Waals surface area contributed by atoms with Crippen LogP contribution in [0.4, 0.5) is 5.95 Å². The maximum atomic E-state index is 11.5. The van der Waals surface area contributed by atoms with E-state index in [1.54, 1.807) is 16.8 Å². The minimum Gasteiger partial charge on any atom is -0.342 e. The van der Waals surface area contributed by atoms with Crippen molar-refractivity contribution in [2.75, 3.05) is 31.6 Å². The standard InChI is InChI=1S/C8H9Cl2N5O/c1-14-2-3-15(4-5(14)16)8-12-6(9)11-7(10)13-8/h2-4H2,1H3. The van der Waals surface area contributed by atoms with E-state index in [0.717, 1.165) is 0 Å². The molecule has 8 heteroatoms. The Hall–Kier alpha value is -1.14. The predicted molar refractivity (Wildman–Crippen MR) is 59.7 cm³/mol. The molecule has 2 heterocycles. The molecule has 6 nitrogen and oxygen atoms in total. The molecule has 0 aliphatic carbocycles. The van der Waals surface area contributed by atoms with E-state index in [4.69, 9.17) is 23.2 Å². The fraction of sp³-hybridized carbons (Fsp3) is 0.500. The molecule has 0 bridgehead atoms. The highest BCUT2D eigenvalue weighted by Crippen LogP contribution is 2.15. The lowest BCUT2D eigenvalue weighted by molar-refractivity contribution is -0.129. The highest BCUT2D eigenvalue weighted by atomic mass is 35.5. The van der Waals surface area contributed by atoms with E-state index in [2.05, 4.69) is 15.0 Å². The molecule has 0 radical (unpaired) electrons. The number of amides is 1. The van der Waals surface area contributed by atoms with Crippen LogP contribution >= 0.6 is 23.2 Å². The molecule has 0 spiro atoms. The molecule has 86 valence electrons. The number of piperazine rings is 1. The molecule has 0 N–H and O–H groups in total. The van der Waals surface area contributed by atoms with Crippen LogP contribution in [0, 0.1) is 0 Å². The predicted octanol–water partition coefficient (Wildman–Crippen LogP) is 0.457. The van der Waals surface area contributed by atoms with E-state index in [1.165, 1.54) is 0 Å². The third-order valence-electron chi connectivity index (χ3n) is 2.31. The zero-order valence-corrected chi connectivity index (χ0v) is 10.0. The molecule has 1 aromatic heterocycles. The van der Waals surface area contributed by atoms with Crippen LogP contribution in [0.1, 0.15) is 0 Å². The normalized spacial score (nSPS) is 16.8. The molecular weight excluding hydrogens is 253 g/mol. The average molecular weight is 262 g/mol. The van der Waals surface area contributed by atoms with Gasteiger partial charge in [0.15, 0.2) is 0 Å². The highest BCUT2D eigenvalue weighted by molar-refractivity contribution is 6.31. The van der Waals surface area contributed by atoms with Gasteiger partial charge in [0.2, 0.25) is 22.4 Å². The summed E-state index contributed by atoms with van der Waals surface area (Å²) in [4.78, 5) is 26.4. The molecular formula is C8H9Cl2N5O. The van der Waals surface area contributed by atoms with Gasteiger partial charge in [0.25, 0.3) is 0 Å². The van der Waals surface area contributed by atoms with Crippen molar-refractivity contribution in [3.8, 4) is 0 Å². The summed E-state index contributed by atoms with van der Waals surface area (Å²) in [6.45, 7) is 1.51. The molecule has 1 fully saturated rings. The first-order valence-electron chi connectivity index (χ1n) is 4.62. The van der Waals surface area contributed by atoms with Crippen molar-refractivity contribution in [3.63, 3.8) is 0 Å². The Morgan fingerprint density at radius 3 is 2.31 bits per heavy atom. The second-order valence-electron chi connectivity index (χ2n) is 3.41. The Kier molecular flexibility index (Phi) is 3.11. The van der Waals surface area contributed by atoms with E-state index in [0.29, 0.717) is 19.0 Å². The molecule has 0 saturated carbocycles. The number of nitrogens with zero attached hydrogens (tertiary/aromatic N) is 5. The summed E-state index contributed by atoms with van der Waals surface area (Å²) in [5.74, 6) is 0.352. The monoisotopic (exact) mass is 261 g/mol. The molecule has 0 atom stereocenters. The van der Waals surface area contributed by atoms with Crippen molar-refractivity contribution < 1.29 is 4.79 Å². The number of rotatable bonds is 1. The summed E-state index contributed by atoms with van der Waals surface area (Å²) in [6, 6.07) is 0. The van der Waals surface area contributed by atoms with E-state index in [9.17, 15) is 4.79 Å². The molecule has 16 heavy (non-hydrogen) atoms. The Balaban J connectivity index is 2.21. The van der Waals surface area contributed by atoms with Crippen LogP contribution in [-0.2, 0) is 4.79 Å². The first-order chi connectivity index (χ1) is 7.56. The van der Waals surface area contributed by atoms with Gasteiger partial charge in [-0.05, 0) is 23.2 Å². The first-order valence-corrected chi connectivity index (χ1v) is 5.38. The molecule has 1 aliphatic heterocycles. The summed E-state index contributed by atoms with van der Waals surface area (Å²) in [6.07, 6.45) is 0. The topological polar surface area (TPSA) is 62.2 Å². The number of hydrogen-bond acceptors (Lipinski definition) is 5. The summed E-state index contributed by atoms with van der Waals surface area (Å²) < 4.78 is 0. The number of aromatic nitrogens is 3. The Morgan fingerprint density at radius 2 is 1.75 bits per heavy atom. The van der Waals surface area contributed by atoms with Crippen LogP contribution in [0.3, 0.4) is 0 Å². The van der Waals surface area contributed by atoms with Gasteiger partial charge in [0.1, 0.15) is 0 Å². The van der Waals surface area contributed by atoms with E-state index < -0.39 is 0 Å². The third-order valence-corrected chi connectivity index (χ3v) is 2.65. The van der Waals surface area contributed by atoms with Crippen LogP contribution in [0.5, 0.6) is 0 Å². The molecule has 0 unspecified atom stereocenters. The van der Waals surface area contributed by atoms with Crippen molar-refractivity contribution in [1.82, 2.24) is 19.9 Å². The third kappa shape index (κ3) is 2.33. The van der Waals surface area contributed by atoms with Gasteiger partial charge in [-0.1, -0.05) is 0 Å². The van der Waals surface area contributed by atoms with Crippen molar-refractivity contribution in [2.24, 2.45) is 0 Å². The molecule has 0 aromatic carbocycles. The number of carbonyl (C=O) groups excluding carboxylic acids is 1. The van der Waals surface area contributed by atoms with Crippen LogP contribution in [0.2, 0.25) is 10.6 Å². The second-order valence-corrected chi connectivity index (χ2v) is 4.09. The van der Waals surface area contributed by atoms with E-state index >= 15 is 0 Å². The largest absolute Gasteiger partial charge is 0.342 e. The Labute approximate surface area is 102 Å². The molecule has 1 aliphatic rings. The zero-order valence-electron chi connectivity index (χ0n) is 8.52. The smallest absolute Gasteiger partial charge is 0.242 e. The SMILES string of the molecule is CN1CCN(c2nc(Cl)nc(Cl)n2)CC1=O. The van der Waals surface area contributed by atoms with Crippen LogP contribution in [-0.4, -0.2) is 52.4 Å². The summed E-state index contributed by atoms with van der Waals surface area (Å²) >= 11 is 11.3. The lowest BCUT2D eigenvalue weighted by Gasteiger charge is -2.31. The summed E-state index contributed by atoms with van der Waals surface area (Å²) in [7, 11) is 1.76. The first kappa shape index (κ1) is 11.3. The lowest BCUT2D eigenvalue weighted by atomic mass is 10.3. The van der Waals surface area contributed by atoms with Gasteiger partial charge < -0.3 is 9.80 Å². The van der Waals surface area contributed by atoms with Gasteiger partial charge in [-0.3, -0.25) is 4.79 Å². The van der Waals surface area contributed by atoms with Crippen molar-refractivity contribution in [2.45, 2.75) is 0 Å². The Morgan fingerprint density at radius 1 is 1.12 bits per heavy atom. The van der Waals surface area contributed by atoms with Gasteiger partial charge in [-0.2, -0.15) is 15.0 Å². The lowest BCUT2D eigenvalue weighted by Crippen LogP contribution is -2.49. The second kappa shape index (κ2) is 4.39. The number of anilines is 1. The van der Waals surface area contributed by atoms with Crippen molar-refractivity contribution >= 4 is 35.1 Å². The van der Waals surface area contributed by atoms with Crippen LogP contribution in [0.15, 0.2) is 0 Å². The fourth-order valence-corrected chi connectivity index (χ4v) is 1.74. The van der Waals surface area contributed by atoms with Gasteiger partial charge in [0, 0.05) is 20.1 Å². The number of carbonyl (C=O) groups is 1. The maximum Gasteiger partial charge on any atom is 0.242 e. The summed E-state index contributed by atoms with van der Waals surface area (Å²) in [5.41, 5.74) is 0. The average Bonchev–Trinajstić information content (AvgIpc) is 2.20. The Bertz CT molecular complexity index is 407. The van der Waals surface area contributed by atoms with Gasteiger partial charge >= 0.3 is 0 Å². The van der Waals surface area contributed by atoms with Crippen LogP contribution < -0.4 is 4.90 Å². The van der Waals surface area contributed by atoms with Gasteiger partial charge in [-0.25, -0.2) is 0 Å². The van der Waals surface area contributed by atoms with Crippen molar-refractivity contribution in [1.29, 1.82) is 0 Å². The number of hydrogen-bond donors (Lipinski definition) is 0. The van der Waals surface area contributed by atoms with Crippen LogP contribution in [0.25, 0.3) is 0 Å².